The van der Waals surface area contributed by atoms with Crippen LogP contribution in [0.15, 0.2) is 30.3 Å². The van der Waals surface area contributed by atoms with Crippen LogP contribution < -0.4 is 19.1 Å². The zero-order valence-corrected chi connectivity index (χ0v) is 23.1. The molecule has 4 rings (SSSR count). The Morgan fingerprint density at radius 3 is 2.35 bits per heavy atom. The van der Waals surface area contributed by atoms with Crippen LogP contribution >= 0.6 is 11.3 Å². The number of hydrogen-bond acceptors (Lipinski definition) is 8. The molecule has 2 aromatic carbocycles. The van der Waals surface area contributed by atoms with E-state index >= 15 is 0 Å². The van der Waals surface area contributed by atoms with E-state index in [2.05, 4.69) is 11.0 Å². The number of thiazole rings is 1. The third-order valence-electron chi connectivity index (χ3n) is 6.20. The van der Waals surface area contributed by atoms with Gasteiger partial charge in [0.1, 0.15) is 0 Å². The van der Waals surface area contributed by atoms with Gasteiger partial charge < -0.3 is 18.9 Å². The summed E-state index contributed by atoms with van der Waals surface area (Å²) in [6, 6.07) is 9.64. The molecule has 0 radical (unpaired) electrons. The summed E-state index contributed by atoms with van der Waals surface area (Å²) in [4.78, 5) is 23.1. The first-order valence-electron chi connectivity index (χ1n) is 13.1. The van der Waals surface area contributed by atoms with Gasteiger partial charge in [-0.25, -0.2) is 4.98 Å². The van der Waals surface area contributed by atoms with Gasteiger partial charge in [-0.05, 0) is 57.9 Å². The van der Waals surface area contributed by atoms with Gasteiger partial charge in [0.05, 0.1) is 43.3 Å². The molecule has 0 N–H and O–H groups in total. The molecule has 8 nitrogen and oxygen atoms in total. The fourth-order valence-corrected chi connectivity index (χ4v) is 5.49. The van der Waals surface area contributed by atoms with Crippen molar-refractivity contribution >= 4 is 32.6 Å². The van der Waals surface area contributed by atoms with Crippen molar-refractivity contribution in [3.05, 3.63) is 41.5 Å². The van der Waals surface area contributed by atoms with Crippen LogP contribution in [0.3, 0.4) is 0 Å². The molecule has 9 heteroatoms. The monoisotopic (exact) mass is 527 g/mol. The topological polar surface area (TPSA) is 73.4 Å². The molecule has 1 aliphatic heterocycles. The Labute approximate surface area is 223 Å². The Bertz CT molecular complexity index is 1160. The number of ether oxygens (including phenoxy) is 4. The summed E-state index contributed by atoms with van der Waals surface area (Å²) in [6.07, 6.45) is 0.828. The first-order chi connectivity index (χ1) is 18.0. The number of morpholine rings is 1. The second-order valence-corrected chi connectivity index (χ2v) is 9.79. The average Bonchev–Trinajstić information content (AvgIpc) is 3.34. The Kier molecular flexibility index (Phi) is 9.60. The lowest BCUT2D eigenvalue weighted by molar-refractivity contribution is 0.0376. The minimum Gasteiger partial charge on any atom is -0.490 e. The number of carbonyl (C=O) groups excluding carboxylic acids is 1. The Morgan fingerprint density at radius 2 is 1.73 bits per heavy atom. The lowest BCUT2D eigenvalue weighted by Crippen LogP contribution is -2.39. The second kappa shape index (κ2) is 13.1. The van der Waals surface area contributed by atoms with Crippen molar-refractivity contribution < 1.29 is 23.7 Å². The lowest BCUT2D eigenvalue weighted by atomic mass is 10.1. The molecule has 0 atom stereocenters. The predicted octanol–water partition coefficient (Wildman–Crippen LogP) is 5.17. The Morgan fingerprint density at radius 1 is 1.05 bits per heavy atom. The molecule has 0 unspecified atom stereocenters. The first kappa shape index (κ1) is 27.2. The molecule has 0 aliphatic carbocycles. The molecule has 1 amide bonds. The number of anilines is 1. The summed E-state index contributed by atoms with van der Waals surface area (Å²) < 4.78 is 24.1. The molecule has 37 heavy (non-hydrogen) atoms. The van der Waals surface area contributed by atoms with Crippen LogP contribution in [0.4, 0.5) is 5.13 Å². The van der Waals surface area contributed by atoms with E-state index in [0.717, 1.165) is 55.0 Å². The third kappa shape index (κ3) is 6.52. The number of aryl methyl sites for hydroxylation is 1. The van der Waals surface area contributed by atoms with Crippen molar-refractivity contribution in [1.82, 2.24) is 9.88 Å². The normalized spacial score (nSPS) is 14.1. The van der Waals surface area contributed by atoms with Gasteiger partial charge in [-0.15, -0.1) is 0 Å². The van der Waals surface area contributed by atoms with E-state index in [1.54, 1.807) is 28.4 Å². The minimum absolute atomic E-state index is 0.136. The summed E-state index contributed by atoms with van der Waals surface area (Å²) in [5.74, 6) is 1.40. The van der Waals surface area contributed by atoms with Crippen LogP contribution in [-0.2, 0) is 4.74 Å². The van der Waals surface area contributed by atoms with Gasteiger partial charge in [-0.1, -0.05) is 23.5 Å². The van der Waals surface area contributed by atoms with Gasteiger partial charge in [-0.3, -0.25) is 14.6 Å². The SMILES string of the molecule is CCOc1cc(C(=O)N(CCCN2CCOCC2)c2nc3c(C)cccc3s2)cc(OCC)c1OCC. The summed E-state index contributed by atoms with van der Waals surface area (Å²) in [7, 11) is 0. The number of rotatable bonds is 12. The van der Waals surface area contributed by atoms with E-state index in [9.17, 15) is 4.79 Å². The van der Waals surface area contributed by atoms with Gasteiger partial charge in [0, 0.05) is 31.7 Å². The number of fused-ring (bicyclic) bond motifs is 1. The van der Waals surface area contributed by atoms with Crippen LogP contribution in [-0.4, -0.2) is 75.0 Å². The maximum absolute atomic E-state index is 14.1. The van der Waals surface area contributed by atoms with Crippen molar-refractivity contribution in [3.63, 3.8) is 0 Å². The van der Waals surface area contributed by atoms with Gasteiger partial charge in [0.15, 0.2) is 16.6 Å². The van der Waals surface area contributed by atoms with Crippen LogP contribution in [0.5, 0.6) is 17.2 Å². The zero-order chi connectivity index (χ0) is 26.2. The third-order valence-corrected chi connectivity index (χ3v) is 7.24. The van der Waals surface area contributed by atoms with Gasteiger partial charge >= 0.3 is 0 Å². The average molecular weight is 528 g/mol. The van der Waals surface area contributed by atoms with Crippen molar-refractivity contribution in [2.24, 2.45) is 0 Å². The van der Waals surface area contributed by atoms with Crippen molar-refractivity contribution in [2.75, 3.05) is 64.1 Å². The number of nitrogens with zero attached hydrogens (tertiary/aromatic N) is 3. The molecular formula is C28H37N3O5S. The van der Waals surface area contributed by atoms with E-state index in [-0.39, 0.29) is 5.91 Å². The summed E-state index contributed by atoms with van der Waals surface area (Å²) >= 11 is 1.54. The Balaban J connectivity index is 1.68. The number of carbonyl (C=O) groups is 1. The second-order valence-electron chi connectivity index (χ2n) is 8.78. The molecule has 1 saturated heterocycles. The van der Waals surface area contributed by atoms with Crippen molar-refractivity contribution in [1.29, 1.82) is 0 Å². The quantitative estimate of drug-likeness (QED) is 0.322. The molecule has 2 heterocycles. The first-order valence-corrected chi connectivity index (χ1v) is 13.9. The molecule has 0 bridgehead atoms. The minimum atomic E-state index is -0.136. The largest absolute Gasteiger partial charge is 0.490 e. The van der Waals surface area contributed by atoms with Crippen LogP contribution in [0, 0.1) is 6.92 Å². The lowest BCUT2D eigenvalue weighted by Gasteiger charge is -2.28. The van der Waals surface area contributed by atoms with Gasteiger partial charge in [0.25, 0.3) is 5.91 Å². The van der Waals surface area contributed by atoms with Crippen molar-refractivity contribution in [2.45, 2.75) is 34.1 Å². The van der Waals surface area contributed by atoms with E-state index in [1.807, 2.05) is 39.8 Å². The van der Waals surface area contributed by atoms with Gasteiger partial charge in [0.2, 0.25) is 5.75 Å². The highest BCUT2D eigenvalue weighted by molar-refractivity contribution is 7.22. The highest BCUT2D eigenvalue weighted by Gasteiger charge is 2.25. The van der Waals surface area contributed by atoms with Crippen molar-refractivity contribution in [3.8, 4) is 17.2 Å². The number of amides is 1. The van der Waals surface area contributed by atoms with E-state index in [0.29, 0.717) is 54.3 Å². The molecule has 1 aliphatic rings. The highest BCUT2D eigenvalue weighted by Crippen LogP contribution is 2.40. The maximum atomic E-state index is 14.1. The van der Waals surface area contributed by atoms with Crippen LogP contribution in [0.1, 0.15) is 43.1 Å². The molecule has 0 saturated carbocycles. The fourth-order valence-electron chi connectivity index (χ4n) is 4.42. The number of benzene rings is 2. The molecule has 1 fully saturated rings. The summed E-state index contributed by atoms with van der Waals surface area (Å²) in [6.45, 7) is 13.9. The van der Waals surface area contributed by atoms with E-state index < -0.39 is 0 Å². The molecule has 0 spiro atoms. The van der Waals surface area contributed by atoms with Crippen LogP contribution in [0.25, 0.3) is 10.2 Å². The summed E-state index contributed by atoms with van der Waals surface area (Å²) in [5.41, 5.74) is 2.52. The predicted molar refractivity (Wildman–Crippen MR) is 148 cm³/mol. The number of para-hydroxylation sites is 1. The molecule has 3 aromatic rings. The number of aromatic nitrogens is 1. The number of hydrogen-bond donors (Lipinski definition) is 0. The fraction of sp³-hybridized carbons (Fsp3) is 0.500. The maximum Gasteiger partial charge on any atom is 0.260 e. The standard InChI is InChI=1S/C28H37N3O5S/c1-5-34-22-18-21(19-23(35-6-2)26(22)36-7-3)27(32)31(13-9-12-30-14-16-33-17-15-30)28-29-25-20(4)10-8-11-24(25)37-28/h8,10-11,18-19H,5-7,9,12-17H2,1-4H3. The molecule has 1 aromatic heterocycles. The van der Waals surface area contributed by atoms with E-state index in [4.69, 9.17) is 23.9 Å². The smallest absolute Gasteiger partial charge is 0.260 e. The molecular weight excluding hydrogens is 490 g/mol. The Hall–Kier alpha value is -2.88. The zero-order valence-electron chi connectivity index (χ0n) is 22.2. The highest BCUT2D eigenvalue weighted by atomic mass is 32.1. The van der Waals surface area contributed by atoms with Crippen LogP contribution in [0.2, 0.25) is 0 Å². The summed E-state index contributed by atoms with van der Waals surface area (Å²) in [5, 5.41) is 0.695. The van der Waals surface area contributed by atoms with Gasteiger partial charge in [-0.2, -0.15) is 0 Å². The molecule has 200 valence electrons. The van der Waals surface area contributed by atoms with E-state index in [1.165, 1.54) is 0 Å².